The predicted molar refractivity (Wildman–Crippen MR) is 69.2 cm³/mol. The molecule has 0 saturated heterocycles. The number of carboxylic acid groups (broad SMARTS) is 1. The molecular weight excluding hydrogens is 281 g/mol. The Morgan fingerprint density at radius 3 is 2.81 bits per heavy atom. The van der Waals surface area contributed by atoms with Gasteiger partial charge >= 0.3 is 5.97 Å². The van der Waals surface area contributed by atoms with Crippen LogP contribution >= 0.6 is 0 Å². The van der Waals surface area contributed by atoms with Crippen LogP contribution in [0.25, 0.3) is 5.69 Å². The molecule has 1 N–H and O–H groups in total. The minimum atomic E-state index is -1.16. The van der Waals surface area contributed by atoms with Gasteiger partial charge in [-0.3, -0.25) is 10.1 Å². The molecular formula is C13H10FN3O4. The van der Waals surface area contributed by atoms with E-state index in [0.29, 0.717) is 24.1 Å². The number of nitro benzene ring substituents is 1. The largest absolute Gasteiger partial charge is 0.476 e. The monoisotopic (exact) mass is 291 g/mol. The lowest BCUT2D eigenvalue weighted by atomic mass is 10.2. The first-order chi connectivity index (χ1) is 9.99. The summed E-state index contributed by atoms with van der Waals surface area (Å²) in [6, 6.07) is 3.21. The number of benzene rings is 1. The Bertz CT molecular complexity index is 769. The van der Waals surface area contributed by atoms with Gasteiger partial charge in [-0.25, -0.2) is 13.9 Å². The van der Waals surface area contributed by atoms with Gasteiger partial charge in [-0.2, -0.15) is 5.10 Å². The molecule has 2 aromatic rings. The first-order valence-corrected chi connectivity index (χ1v) is 6.27. The summed E-state index contributed by atoms with van der Waals surface area (Å²) < 4.78 is 15.3. The summed E-state index contributed by atoms with van der Waals surface area (Å²) in [4.78, 5) is 21.1. The van der Waals surface area contributed by atoms with Crippen molar-refractivity contribution in [3.63, 3.8) is 0 Å². The highest BCUT2D eigenvalue weighted by atomic mass is 19.1. The summed E-state index contributed by atoms with van der Waals surface area (Å²) in [5.74, 6) is -1.97. The van der Waals surface area contributed by atoms with Crippen molar-refractivity contribution in [1.82, 2.24) is 9.78 Å². The Hall–Kier alpha value is -2.77. The zero-order valence-corrected chi connectivity index (χ0v) is 10.7. The average molecular weight is 291 g/mol. The number of carboxylic acids is 1. The zero-order valence-electron chi connectivity index (χ0n) is 10.7. The molecule has 1 aromatic heterocycles. The van der Waals surface area contributed by atoms with Gasteiger partial charge in [-0.15, -0.1) is 0 Å². The third-order valence-electron chi connectivity index (χ3n) is 3.50. The van der Waals surface area contributed by atoms with Crippen molar-refractivity contribution in [2.24, 2.45) is 0 Å². The average Bonchev–Trinajstić information content (AvgIpc) is 3.00. The fourth-order valence-corrected chi connectivity index (χ4v) is 2.59. The van der Waals surface area contributed by atoms with Crippen LogP contribution in [0.1, 0.15) is 28.2 Å². The molecule has 1 aromatic carbocycles. The van der Waals surface area contributed by atoms with Crippen molar-refractivity contribution in [1.29, 1.82) is 0 Å². The molecule has 1 heterocycles. The van der Waals surface area contributed by atoms with E-state index < -0.39 is 16.7 Å². The molecule has 0 aliphatic heterocycles. The molecule has 0 bridgehead atoms. The number of fused-ring (bicyclic) bond motifs is 1. The summed E-state index contributed by atoms with van der Waals surface area (Å²) in [5, 5.41) is 23.7. The Balaban J connectivity index is 2.16. The second-order valence-corrected chi connectivity index (χ2v) is 4.74. The molecule has 0 atom stereocenters. The van der Waals surface area contributed by atoms with E-state index in [1.54, 1.807) is 0 Å². The van der Waals surface area contributed by atoms with Crippen LogP contribution in [0.3, 0.4) is 0 Å². The van der Waals surface area contributed by atoms with E-state index in [9.17, 15) is 19.3 Å². The molecule has 0 amide bonds. The Morgan fingerprint density at radius 1 is 1.43 bits per heavy atom. The second kappa shape index (κ2) is 4.65. The van der Waals surface area contributed by atoms with Crippen LogP contribution in [0.4, 0.5) is 10.1 Å². The molecule has 0 saturated carbocycles. The van der Waals surface area contributed by atoms with Gasteiger partial charge in [0.25, 0.3) is 5.69 Å². The van der Waals surface area contributed by atoms with Gasteiger partial charge in [-0.05, 0) is 25.3 Å². The van der Waals surface area contributed by atoms with Crippen molar-refractivity contribution >= 4 is 11.7 Å². The number of aromatic carboxylic acids is 1. The predicted octanol–water partition coefficient (Wildman–Crippen LogP) is 2.11. The summed E-state index contributed by atoms with van der Waals surface area (Å²) in [5.41, 5.74) is 0.838. The third-order valence-corrected chi connectivity index (χ3v) is 3.50. The standard InChI is InChI=1S/C13H10FN3O4/c14-9-6-7(17(20)21)4-5-11(9)16-10-3-1-2-8(10)12(15-16)13(18)19/h4-6H,1-3H2,(H,18,19). The topological polar surface area (TPSA) is 98.3 Å². The maximum Gasteiger partial charge on any atom is 0.356 e. The number of rotatable bonds is 3. The smallest absolute Gasteiger partial charge is 0.356 e. The molecule has 1 aliphatic carbocycles. The van der Waals surface area contributed by atoms with Crippen LogP contribution in [0.15, 0.2) is 18.2 Å². The molecule has 108 valence electrons. The molecule has 8 heteroatoms. The number of halogens is 1. The van der Waals surface area contributed by atoms with Crippen LogP contribution in [0.5, 0.6) is 0 Å². The van der Waals surface area contributed by atoms with Gasteiger partial charge in [0.2, 0.25) is 0 Å². The molecule has 7 nitrogen and oxygen atoms in total. The minimum Gasteiger partial charge on any atom is -0.476 e. The van der Waals surface area contributed by atoms with E-state index >= 15 is 0 Å². The quantitative estimate of drug-likeness (QED) is 0.689. The summed E-state index contributed by atoms with van der Waals surface area (Å²) in [7, 11) is 0. The van der Waals surface area contributed by atoms with Crippen molar-refractivity contribution in [2.75, 3.05) is 0 Å². The highest BCUT2D eigenvalue weighted by Crippen LogP contribution is 2.29. The van der Waals surface area contributed by atoms with Crippen molar-refractivity contribution in [3.8, 4) is 5.69 Å². The fraction of sp³-hybridized carbons (Fsp3) is 0.231. The SMILES string of the molecule is O=C(O)c1nn(-c2ccc([N+](=O)[O-])cc2F)c2c1CCC2. The van der Waals surface area contributed by atoms with Crippen LogP contribution in [-0.2, 0) is 12.8 Å². The van der Waals surface area contributed by atoms with Crippen LogP contribution in [0.2, 0.25) is 0 Å². The van der Waals surface area contributed by atoms with Gasteiger partial charge in [-0.1, -0.05) is 0 Å². The summed E-state index contributed by atoms with van der Waals surface area (Å²) in [6.07, 6.45) is 1.97. The Morgan fingerprint density at radius 2 is 2.19 bits per heavy atom. The van der Waals surface area contributed by atoms with E-state index in [1.807, 2.05) is 0 Å². The molecule has 0 spiro atoms. The van der Waals surface area contributed by atoms with E-state index in [-0.39, 0.29) is 17.1 Å². The highest BCUT2D eigenvalue weighted by molar-refractivity contribution is 5.87. The molecule has 0 unspecified atom stereocenters. The summed E-state index contributed by atoms with van der Waals surface area (Å²) >= 11 is 0. The summed E-state index contributed by atoms with van der Waals surface area (Å²) in [6.45, 7) is 0. The number of hydrogen-bond donors (Lipinski definition) is 1. The Kier molecular flexibility index (Phi) is 2.93. The molecule has 0 fully saturated rings. The van der Waals surface area contributed by atoms with Crippen molar-refractivity contribution in [3.05, 3.63) is 51.1 Å². The van der Waals surface area contributed by atoms with Crippen molar-refractivity contribution in [2.45, 2.75) is 19.3 Å². The first kappa shape index (κ1) is 13.2. The van der Waals surface area contributed by atoms with Gasteiger partial charge in [0.15, 0.2) is 11.5 Å². The number of carbonyl (C=O) groups is 1. The van der Waals surface area contributed by atoms with E-state index in [2.05, 4.69) is 5.10 Å². The zero-order chi connectivity index (χ0) is 15.1. The lowest BCUT2D eigenvalue weighted by Gasteiger charge is -2.06. The van der Waals surface area contributed by atoms with E-state index in [1.165, 1.54) is 16.8 Å². The number of aromatic nitrogens is 2. The molecule has 1 aliphatic rings. The van der Waals surface area contributed by atoms with Gasteiger partial charge in [0.1, 0.15) is 5.69 Å². The highest BCUT2D eigenvalue weighted by Gasteiger charge is 2.27. The second-order valence-electron chi connectivity index (χ2n) is 4.74. The lowest BCUT2D eigenvalue weighted by molar-refractivity contribution is -0.385. The normalized spacial score (nSPS) is 13.2. The van der Waals surface area contributed by atoms with Crippen LogP contribution in [-0.4, -0.2) is 25.8 Å². The van der Waals surface area contributed by atoms with Gasteiger partial charge in [0.05, 0.1) is 11.0 Å². The van der Waals surface area contributed by atoms with Crippen LogP contribution < -0.4 is 0 Å². The molecule has 21 heavy (non-hydrogen) atoms. The Labute approximate surface area is 117 Å². The minimum absolute atomic E-state index is 0.0197. The number of nitrogens with zero attached hydrogens (tertiary/aromatic N) is 3. The molecule has 0 radical (unpaired) electrons. The maximum atomic E-state index is 14.1. The number of nitro groups is 1. The van der Waals surface area contributed by atoms with Crippen LogP contribution in [0, 0.1) is 15.9 Å². The lowest BCUT2D eigenvalue weighted by Crippen LogP contribution is -2.06. The van der Waals surface area contributed by atoms with Gasteiger partial charge in [0, 0.05) is 17.3 Å². The van der Waals surface area contributed by atoms with Crippen molar-refractivity contribution < 1.29 is 19.2 Å². The van der Waals surface area contributed by atoms with E-state index in [4.69, 9.17) is 5.11 Å². The van der Waals surface area contributed by atoms with Gasteiger partial charge < -0.3 is 5.11 Å². The maximum absolute atomic E-state index is 14.1. The number of hydrogen-bond acceptors (Lipinski definition) is 4. The third kappa shape index (κ3) is 2.04. The fourth-order valence-electron chi connectivity index (χ4n) is 2.59. The first-order valence-electron chi connectivity index (χ1n) is 6.27. The molecule has 3 rings (SSSR count). The number of non-ortho nitro benzene ring substituents is 1. The van der Waals surface area contributed by atoms with E-state index in [0.717, 1.165) is 12.5 Å².